The van der Waals surface area contributed by atoms with Gasteiger partial charge in [-0.2, -0.15) is 0 Å². The lowest BCUT2D eigenvalue weighted by atomic mass is 10.0. The molecule has 1 unspecified atom stereocenters. The van der Waals surface area contributed by atoms with Crippen molar-refractivity contribution in [3.63, 3.8) is 0 Å². The zero-order valence-corrected chi connectivity index (χ0v) is 54.3. The van der Waals surface area contributed by atoms with Gasteiger partial charge in [-0.1, -0.05) is 319 Å². The quantitative estimate of drug-likeness (QED) is 0.0261. The molecule has 0 amide bonds. The van der Waals surface area contributed by atoms with Crippen LogP contribution in [0.5, 0.6) is 0 Å². The number of carbonyl (C=O) groups is 3. The van der Waals surface area contributed by atoms with Gasteiger partial charge in [-0.05, 0) is 103 Å². The first-order valence-electron chi connectivity index (χ1n) is 35.8. The van der Waals surface area contributed by atoms with Crippen LogP contribution >= 0.6 is 0 Å². The lowest BCUT2D eigenvalue weighted by Gasteiger charge is -2.18. The molecular weight excluding hydrogens is 997 g/mol. The molecule has 0 aliphatic heterocycles. The average molecular weight is 1130 g/mol. The molecule has 0 radical (unpaired) electrons. The fourth-order valence-electron chi connectivity index (χ4n) is 10.6. The van der Waals surface area contributed by atoms with Gasteiger partial charge >= 0.3 is 17.9 Å². The molecule has 0 aliphatic rings. The topological polar surface area (TPSA) is 78.9 Å². The summed E-state index contributed by atoms with van der Waals surface area (Å²) in [5, 5.41) is 0. The molecule has 0 saturated carbocycles. The van der Waals surface area contributed by atoms with Crippen molar-refractivity contribution in [1.29, 1.82) is 0 Å². The van der Waals surface area contributed by atoms with Crippen LogP contribution in [0.4, 0.5) is 0 Å². The van der Waals surface area contributed by atoms with Crippen molar-refractivity contribution in [3.8, 4) is 0 Å². The minimum Gasteiger partial charge on any atom is -0.462 e. The highest BCUT2D eigenvalue weighted by molar-refractivity contribution is 5.71. The zero-order chi connectivity index (χ0) is 58.5. The predicted molar refractivity (Wildman–Crippen MR) is 353 cm³/mol. The summed E-state index contributed by atoms with van der Waals surface area (Å²) in [5.74, 6) is -0.876. The summed E-state index contributed by atoms with van der Waals surface area (Å²) in [6.07, 6.45) is 89.9. The fourth-order valence-corrected chi connectivity index (χ4v) is 10.6. The van der Waals surface area contributed by atoms with Crippen LogP contribution in [-0.4, -0.2) is 37.2 Å². The van der Waals surface area contributed by atoms with Crippen LogP contribution in [0, 0.1) is 0 Å². The van der Waals surface area contributed by atoms with Gasteiger partial charge in [-0.15, -0.1) is 0 Å². The van der Waals surface area contributed by atoms with Crippen molar-refractivity contribution in [2.75, 3.05) is 13.2 Å². The van der Waals surface area contributed by atoms with Gasteiger partial charge in [0.1, 0.15) is 13.2 Å². The van der Waals surface area contributed by atoms with E-state index in [0.29, 0.717) is 19.3 Å². The van der Waals surface area contributed by atoms with Gasteiger partial charge in [0.15, 0.2) is 6.10 Å². The van der Waals surface area contributed by atoms with Crippen molar-refractivity contribution >= 4 is 17.9 Å². The molecule has 6 nitrogen and oxygen atoms in total. The molecule has 0 rings (SSSR count). The average Bonchev–Trinajstić information content (AvgIpc) is 3.47. The highest BCUT2D eigenvalue weighted by atomic mass is 16.6. The van der Waals surface area contributed by atoms with Crippen molar-refractivity contribution in [1.82, 2.24) is 0 Å². The molecule has 1 atom stereocenters. The van der Waals surface area contributed by atoms with Crippen molar-refractivity contribution in [3.05, 3.63) is 60.8 Å². The molecule has 0 aliphatic carbocycles. The predicted octanol–water partition coefficient (Wildman–Crippen LogP) is 24.7. The van der Waals surface area contributed by atoms with E-state index in [-0.39, 0.29) is 31.1 Å². The summed E-state index contributed by atoms with van der Waals surface area (Å²) in [7, 11) is 0. The minimum absolute atomic E-state index is 0.0762. The number of rotatable bonds is 66. The first kappa shape index (κ1) is 78.1. The molecule has 81 heavy (non-hydrogen) atoms. The van der Waals surface area contributed by atoms with Crippen LogP contribution in [0.25, 0.3) is 0 Å². The van der Waals surface area contributed by atoms with Crippen molar-refractivity contribution in [2.24, 2.45) is 0 Å². The number of allylic oxidation sites excluding steroid dienone is 10. The van der Waals surface area contributed by atoms with E-state index in [4.69, 9.17) is 14.2 Å². The summed E-state index contributed by atoms with van der Waals surface area (Å²) in [4.78, 5) is 38.3. The van der Waals surface area contributed by atoms with Crippen LogP contribution in [0.1, 0.15) is 380 Å². The minimum atomic E-state index is -0.780. The van der Waals surface area contributed by atoms with E-state index in [1.165, 1.54) is 250 Å². The van der Waals surface area contributed by atoms with E-state index in [0.717, 1.165) is 89.9 Å². The lowest BCUT2D eigenvalue weighted by molar-refractivity contribution is -0.167. The molecule has 6 heteroatoms. The summed E-state index contributed by atoms with van der Waals surface area (Å²) < 4.78 is 16.9. The maximum absolute atomic E-state index is 12.9. The van der Waals surface area contributed by atoms with Crippen LogP contribution in [0.15, 0.2) is 60.8 Å². The maximum Gasteiger partial charge on any atom is 0.306 e. The Morgan fingerprint density at radius 2 is 0.469 bits per heavy atom. The summed E-state index contributed by atoms with van der Waals surface area (Å²) in [6.45, 7) is 6.59. The smallest absolute Gasteiger partial charge is 0.306 e. The highest BCUT2D eigenvalue weighted by Gasteiger charge is 2.19. The summed E-state index contributed by atoms with van der Waals surface area (Å²) in [5.41, 5.74) is 0. The van der Waals surface area contributed by atoms with E-state index in [2.05, 4.69) is 81.5 Å². The third-order valence-corrected chi connectivity index (χ3v) is 15.9. The number of hydrogen-bond donors (Lipinski definition) is 0. The second-order valence-corrected chi connectivity index (χ2v) is 24.1. The molecule has 0 aromatic carbocycles. The Bertz CT molecular complexity index is 1440. The van der Waals surface area contributed by atoms with Crippen molar-refractivity contribution in [2.45, 2.75) is 386 Å². The Morgan fingerprint density at radius 3 is 0.753 bits per heavy atom. The van der Waals surface area contributed by atoms with Crippen molar-refractivity contribution < 1.29 is 28.6 Å². The SMILES string of the molecule is CCC/C=C\CCCCCCCC(=O)OCC(COC(=O)CCCCCCCCCCCCCCCCCCCCCCCCC/C=C\C/C=C\CCCCCCC)OC(=O)CCCCCCCCC/C=C\C/C=C\CCCCCC. The van der Waals surface area contributed by atoms with E-state index >= 15 is 0 Å². The largest absolute Gasteiger partial charge is 0.462 e. The number of hydrogen-bond acceptors (Lipinski definition) is 6. The Kier molecular flexibility index (Phi) is 67.1. The molecule has 0 saturated heterocycles. The van der Waals surface area contributed by atoms with E-state index in [9.17, 15) is 14.4 Å². The van der Waals surface area contributed by atoms with E-state index in [1.807, 2.05) is 0 Å². The van der Waals surface area contributed by atoms with Crippen LogP contribution < -0.4 is 0 Å². The van der Waals surface area contributed by atoms with Gasteiger partial charge in [0.25, 0.3) is 0 Å². The summed E-state index contributed by atoms with van der Waals surface area (Å²) in [6, 6.07) is 0. The molecule has 0 aromatic heterocycles. The molecule has 0 N–H and O–H groups in total. The van der Waals surface area contributed by atoms with Crippen LogP contribution in [0.2, 0.25) is 0 Å². The Morgan fingerprint density at radius 1 is 0.247 bits per heavy atom. The van der Waals surface area contributed by atoms with Gasteiger partial charge < -0.3 is 14.2 Å². The highest BCUT2D eigenvalue weighted by Crippen LogP contribution is 2.18. The molecule has 0 spiro atoms. The molecule has 0 heterocycles. The second-order valence-electron chi connectivity index (χ2n) is 24.1. The number of unbranched alkanes of at least 4 members (excludes halogenated alkanes) is 45. The van der Waals surface area contributed by atoms with Gasteiger partial charge in [-0.3, -0.25) is 14.4 Å². The summed E-state index contributed by atoms with van der Waals surface area (Å²) >= 11 is 0. The van der Waals surface area contributed by atoms with E-state index in [1.54, 1.807) is 0 Å². The Labute approximate surface area is 504 Å². The second kappa shape index (κ2) is 69.6. The third kappa shape index (κ3) is 67.8. The monoisotopic (exact) mass is 1130 g/mol. The van der Waals surface area contributed by atoms with E-state index < -0.39 is 6.10 Å². The molecule has 0 aromatic rings. The number of carbonyl (C=O) groups excluding carboxylic acids is 3. The maximum atomic E-state index is 12.9. The Balaban J connectivity index is 4.04. The van der Waals surface area contributed by atoms with Crippen LogP contribution in [-0.2, 0) is 28.6 Å². The lowest BCUT2D eigenvalue weighted by Crippen LogP contribution is -2.30. The van der Waals surface area contributed by atoms with Gasteiger partial charge in [0.2, 0.25) is 0 Å². The number of ether oxygens (including phenoxy) is 3. The standard InChI is InChI=1S/C75H136O6/c1-4-7-10-13-16-19-22-24-26-28-30-31-32-33-34-35-36-37-38-39-40-41-42-43-44-45-46-48-49-51-53-56-59-62-65-68-74(77)80-71-72(70-79-73(76)67-64-61-58-55-21-18-15-12-9-6-3)81-75(78)69-66-63-60-57-54-52-50-47-29-27-25-23-20-17-14-11-8-5-2/h12,15,20,22-24,27-30,72H,4-11,13-14,16-19,21,25-26,31-71H2,1-3H3/b15-12-,23-20-,24-22-,29-27-,30-28-. The van der Waals surface area contributed by atoms with Gasteiger partial charge in [-0.25, -0.2) is 0 Å². The first-order valence-corrected chi connectivity index (χ1v) is 35.8. The Hall–Kier alpha value is -2.89. The first-order chi connectivity index (χ1) is 40.0. The molecule has 0 fully saturated rings. The number of esters is 3. The molecule has 0 bridgehead atoms. The third-order valence-electron chi connectivity index (χ3n) is 15.9. The zero-order valence-electron chi connectivity index (χ0n) is 54.3. The fraction of sp³-hybridized carbons (Fsp3) is 0.827. The normalized spacial score (nSPS) is 12.4. The van der Waals surface area contributed by atoms with Crippen LogP contribution in [0.3, 0.4) is 0 Å². The molecular formula is C75H136O6. The van der Waals surface area contributed by atoms with Gasteiger partial charge in [0, 0.05) is 19.3 Å². The van der Waals surface area contributed by atoms with Gasteiger partial charge in [0.05, 0.1) is 0 Å². The molecule has 472 valence electrons.